The van der Waals surface area contributed by atoms with Crippen LogP contribution >= 0.6 is 0 Å². The summed E-state index contributed by atoms with van der Waals surface area (Å²) >= 11 is 0. The fraction of sp³-hybridized carbons (Fsp3) is 0.240. The lowest BCUT2D eigenvalue weighted by Crippen LogP contribution is -1.92. The number of ether oxygens (including phenoxy) is 1. The van der Waals surface area contributed by atoms with Gasteiger partial charge in [0.05, 0.1) is 11.9 Å². The molecule has 3 rings (SSSR count). The predicted octanol–water partition coefficient (Wildman–Crippen LogP) is 7.01. The van der Waals surface area contributed by atoms with Crippen molar-refractivity contribution in [3.63, 3.8) is 0 Å². The van der Waals surface area contributed by atoms with Gasteiger partial charge in [-0.2, -0.15) is 0 Å². The number of pyridine rings is 1. The summed E-state index contributed by atoms with van der Waals surface area (Å²) in [7, 11) is 0. The summed E-state index contributed by atoms with van der Waals surface area (Å²) in [5, 5.41) is 2.28. The summed E-state index contributed by atoms with van der Waals surface area (Å²) in [5.41, 5.74) is 3.08. The van der Waals surface area contributed by atoms with Crippen LogP contribution in [0.3, 0.4) is 0 Å². The Balaban J connectivity index is 1.68. The molecule has 1 aromatic heterocycles. The van der Waals surface area contributed by atoms with Crippen molar-refractivity contribution in [1.29, 1.82) is 0 Å². The Morgan fingerprint density at radius 2 is 1.93 bits per heavy atom. The van der Waals surface area contributed by atoms with Crippen LogP contribution in [-0.2, 0) is 0 Å². The lowest BCUT2D eigenvalue weighted by molar-refractivity contribution is 0.335. The van der Waals surface area contributed by atoms with Gasteiger partial charge < -0.3 is 4.74 Å². The fourth-order valence-corrected chi connectivity index (χ4v) is 3.04. The molecule has 1 atom stereocenters. The number of nitrogens with zero attached hydrogens (tertiary/aromatic N) is 1. The zero-order valence-electron chi connectivity index (χ0n) is 16.3. The molecule has 0 bridgehead atoms. The monoisotopic (exact) mass is 375 g/mol. The second-order valence-corrected chi connectivity index (χ2v) is 6.91. The van der Waals surface area contributed by atoms with Crippen LogP contribution in [0.25, 0.3) is 28.1 Å². The van der Waals surface area contributed by atoms with E-state index in [1.807, 2.05) is 30.5 Å². The van der Waals surface area contributed by atoms with E-state index in [0.717, 1.165) is 46.2 Å². The van der Waals surface area contributed by atoms with Crippen molar-refractivity contribution >= 4 is 16.8 Å². The number of halogens is 1. The van der Waals surface area contributed by atoms with E-state index >= 15 is 0 Å². The average molecular weight is 375 g/mol. The minimum Gasteiger partial charge on any atom is -0.490 e. The molecule has 0 saturated carbocycles. The highest BCUT2D eigenvalue weighted by atomic mass is 19.1. The van der Waals surface area contributed by atoms with Gasteiger partial charge in [0.15, 0.2) is 0 Å². The summed E-state index contributed by atoms with van der Waals surface area (Å²) < 4.78 is 18.4. The highest BCUT2D eigenvalue weighted by Gasteiger charge is 2.03. The highest BCUT2D eigenvalue weighted by Crippen LogP contribution is 2.26. The standard InChI is InChI=1S/C25H26FNO/c1-3-15-28-24-13-12-21-16-23(11-10-22(21)17-24)25-14-9-20(18-27-25)8-6-4-5-7-19(2)26/h3,6,8-14,16-19H,1,4-5,7,15H2,2H3/b8-6+. The number of aromatic nitrogens is 1. The molecule has 28 heavy (non-hydrogen) atoms. The van der Waals surface area contributed by atoms with Gasteiger partial charge >= 0.3 is 0 Å². The van der Waals surface area contributed by atoms with Crippen molar-refractivity contribution in [2.75, 3.05) is 6.61 Å². The number of rotatable bonds is 9. The first-order valence-corrected chi connectivity index (χ1v) is 9.70. The summed E-state index contributed by atoms with van der Waals surface area (Å²) in [5.74, 6) is 0.843. The SMILES string of the molecule is C=CCOc1ccc2cc(-c3ccc(/C=C/CCCC(C)F)cn3)ccc2c1. The Bertz CT molecular complexity index is 944. The quantitative estimate of drug-likeness (QED) is 0.296. The van der Waals surface area contributed by atoms with Crippen LogP contribution < -0.4 is 4.74 Å². The van der Waals surface area contributed by atoms with Crippen molar-refractivity contribution in [3.05, 3.63) is 79.0 Å². The van der Waals surface area contributed by atoms with Crippen LogP contribution in [-0.4, -0.2) is 17.8 Å². The van der Waals surface area contributed by atoms with Crippen LogP contribution in [0, 0.1) is 0 Å². The van der Waals surface area contributed by atoms with Gasteiger partial charge in [-0.3, -0.25) is 4.98 Å². The van der Waals surface area contributed by atoms with Crippen molar-refractivity contribution in [2.45, 2.75) is 32.4 Å². The van der Waals surface area contributed by atoms with Gasteiger partial charge in [-0.1, -0.05) is 49.1 Å². The number of hydrogen-bond donors (Lipinski definition) is 0. The number of fused-ring (bicyclic) bond motifs is 1. The van der Waals surface area contributed by atoms with Crippen LogP contribution in [0.4, 0.5) is 4.39 Å². The van der Waals surface area contributed by atoms with Gasteiger partial charge in [-0.25, -0.2) is 4.39 Å². The molecule has 0 fully saturated rings. The van der Waals surface area contributed by atoms with Gasteiger partial charge in [0, 0.05) is 11.8 Å². The van der Waals surface area contributed by atoms with Crippen LogP contribution in [0.15, 0.2) is 73.5 Å². The first kappa shape index (κ1) is 19.8. The Labute approximate surface area is 166 Å². The first-order chi connectivity index (χ1) is 13.7. The van der Waals surface area contributed by atoms with Crippen molar-refractivity contribution < 1.29 is 9.13 Å². The number of benzene rings is 2. The molecule has 0 amide bonds. The molecule has 1 unspecified atom stereocenters. The topological polar surface area (TPSA) is 22.1 Å². The lowest BCUT2D eigenvalue weighted by atomic mass is 10.0. The maximum absolute atomic E-state index is 12.8. The van der Waals surface area contributed by atoms with E-state index in [-0.39, 0.29) is 0 Å². The second-order valence-electron chi connectivity index (χ2n) is 6.91. The van der Waals surface area contributed by atoms with Gasteiger partial charge in [-0.05, 0) is 66.8 Å². The molecule has 2 nitrogen and oxygen atoms in total. The Hall–Kier alpha value is -2.94. The average Bonchev–Trinajstić information content (AvgIpc) is 2.71. The number of alkyl halides is 1. The normalized spacial score (nSPS) is 12.4. The molecule has 0 aliphatic rings. The first-order valence-electron chi connectivity index (χ1n) is 9.70. The largest absolute Gasteiger partial charge is 0.490 e. The van der Waals surface area contributed by atoms with E-state index < -0.39 is 6.17 Å². The zero-order chi connectivity index (χ0) is 19.8. The maximum Gasteiger partial charge on any atom is 0.120 e. The molecule has 3 heteroatoms. The summed E-state index contributed by atoms with van der Waals surface area (Å²) in [6.45, 7) is 5.78. The van der Waals surface area contributed by atoms with E-state index in [1.54, 1.807) is 13.0 Å². The second kappa shape index (κ2) is 9.84. The van der Waals surface area contributed by atoms with Gasteiger partial charge in [0.25, 0.3) is 0 Å². The third-order valence-electron chi connectivity index (χ3n) is 4.54. The van der Waals surface area contributed by atoms with Crippen molar-refractivity contribution in [1.82, 2.24) is 4.98 Å². The highest BCUT2D eigenvalue weighted by molar-refractivity contribution is 5.88. The lowest BCUT2D eigenvalue weighted by Gasteiger charge is -2.07. The zero-order valence-corrected chi connectivity index (χ0v) is 16.3. The number of allylic oxidation sites excluding steroid dienone is 1. The van der Waals surface area contributed by atoms with Crippen LogP contribution in [0.1, 0.15) is 31.7 Å². The van der Waals surface area contributed by atoms with Gasteiger partial charge in [0.1, 0.15) is 12.4 Å². The summed E-state index contributed by atoms with van der Waals surface area (Å²) in [4.78, 5) is 4.59. The van der Waals surface area contributed by atoms with Crippen molar-refractivity contribution in [2.24, 2.45) is 0 Å². The molecule has 3 aromatic rings. The van der Waals surface area contributed by atoms with Crippen LogP contribution in [0.5, 0.6) is 5.75 Å². The third-order valence-corrected chi connectivity index (χ3v) is 4.54. The van der Waals surface area contributed by atoms with E-state index in [2.05, 4.69) is 48.0 Å². The smallest absolute Gasteiger partial charge is 0.120 e. The molecular formula is C25H26FNO. The van der Waals surface area contributed by atoms with E-state index in [4.69, 9.17) is 4.74 Å². The Kier molecular flexibility index (Phi) is 6.96. The molecule has 0 saturated heterocycles. The van der Waals surface area contributed by atoms with E-state index in [1.165, 1.54) is 0 Å². The summed E-state index contributed by atoms with van der Waals surface area (Å²) in [6, 6.07) is 16.5. The number of unbranched alkanes of at least 4 members (excludes halogenated alkanes) is 1. The Morgan fingerprint density at radius 1 is 1.11 bits per heavy atom. The molecule has 0 aliphatic carbocycles. The maximum atomic E-state index is 12.8. The number of hydrogen-bond acceptors (Lipinski definition) is 2. The molecule has 0 N–H and O–H groups in total. The minimum absolute atomic E-state index is 0.503. The molecule has 0 spiro atoms. The van der Waals surface area contributed by atoms with Crippen molar-refractivity contribution in [3.8, 4) is 17.0 Å². The predicted molar refractivity (Wildman–Crippen MR) is 116 cm³/mol. The molecule has 1 heterocycles. The van der Waals surface area contributed by atoms with E-state index in [9.17, 15) is 4.39 Å². The van der Waals surface area contributed by atoms with E-state index in [0.29, 0.717) is 13.0 Å². The molecular weight excluding hydrogens is 349 g/mol. The molecule has 2 aromatic carbocycles. The molecule has 0 aliphatic heterocycles. The Morgan fingerprint density at radius 3 is 2.68 bits per heavy atom. The van der Waals surface area contributed by atoms with Gasteiger partial charge in [-0.15, -0.1) is 0 Å². The molecule has 144 valence electrons. The molecule has 0 radical (unpaired) electrons. The third kappa shape index (κ3) is 5.53. The summed E-state index contributed by atoms with van der Waals surface area (Å²) in [6.07, 6.45) is 9.40. The van der Waals surface area contributed by atoms with Crippen LogP contribution in [0.2, 0.25) is 0 Å². The fourth-order valence-electron chi connectivity index (χ4n) is 3.04. The minimum atomic E-state index is -0.720. The van der Waals surface area contributed by atoms with Gasteiger partial charge in [0.2, 0.25) is 0 Å².